The van der Waals surface area contributed by atoms with Crippen LogP contribution in [0.1, 0.15) is 28.4 Å². The molecule has 1 rings (SSSR count). The Kier molecular flexibility index (Phi) is 4.66. The summed E-state index contributed by atoms with van der Waals surface area (Å²) in [5, 5.41) is 8.95. The Morgan fingerprint density at radius 3 is 2.81 bits per heavy atom. The standard InChI is InChI=1S/C11H10ClNO2S/c1-2-15-11(14)10-7(5-12)3-9(16)4-8(10)6-13/h3-4,16H,2,5H2,1H3. The van der Waals surface area contributed by atoms with E-state index in [0.717, 1.165) is 0 Å². The Labute approximate surface area is 104 Å². The van der Waals surface area contributed by atoms with E-state index in [1.165, 1.54) is 6.07 Å². The molecule has 5 heteroatoms. The fraction of sp³-hybridized carbons (Fsp3) is 0.273. The number of nitriles is 1. The summed E-state index contributed by atoms with van der Waals surface area (Å²) in [5.74, 6) is -0.389. The van der Waals surface area contributed by atoms with Gasteiger partial charge in [0.1, 0.15) is 6.07 Å². The number of esters is 1. The maximum Gasteiger partial charge on any atom is 0.339 e. The molecule has 0 fully saturated rings. The third kappa shape index (κ3) is 2.69. The fourth-order valence-corrected chi connectivity index (χ4v) is 1.82. The number of benzene rings is 1. The molecule has 16 heavy (non-hydrogen) atoms. The summed E-state index contributed by atoms with van der Waals surface area (Å²) in [6.07, 6.45) is 0. The van der Waals surface area contributed by atoms with Crippen LogP contribution in [-0.2, 0) is 10.6 Å². The molecule has 0 radical (unpaired) electrons. The third-order valence-electron chi connectivity index (χ3n) is 1.95. The van der Waals surface area contributed by atoms with Crippen molar-refractivity contribution in [3.63, 3.8) is 0 Å². The van der Waals surface area contributed by atoms with E-state index in [2.05, 4.69) is 12.6 Å². The Hall–Kier alpha value is -1.18. The molecule has 0 aliphatic carbocycles. The highest BCUT2D eigenvalue weighted by Gasteiger charge is 2.17. The van der Waals surface area contributed by atoms with E-state index in [9.17, 15) is 4.79 Å². The average Bonchev–Trinajstić information content (AvgIpc) is 2.27. The summed E-state index contributed by atoms with van der Waals surface area (Å²) in [6.45, 7) is 1.96. The second kappa shape index (κ2) is 5.78. The van der Waals surface area contributed by atoms with Crippen LogP contribution in [-0.4, -0.2) is 12.6 Å². The van der Waals surface area contributed by atoms with Crippen LogP contribution in [0.25, 0.3) is 0 Å². The van der Waals surface area contributed by atoms with Gasteiger partial charge in [-0.05, 0) is 24.6 Å². The molecule has 0 bridgehead atoms. The normalized spacial score (nSPS) is 9.62. The summed E-state index contributed by atoms with van der Waals surface area (Å²) in [4.78, 5) is 12.3. The van der Waals surface area contributed by atoms with Crippen molar-refractivity contribution in [1.29, 1.82) is 5.26 Å². The average molecular weight is 256 g/mol. The zero-order valence-electron chi connectivity index (χ0n) is 8.66. The topological polar surface area (TPSA) is 50.1 Å². The maximum atomic E-state index is 11.7. The van der Waals surface area contributed by atoms with Gasteiger partial charge in [0, 0.05) is 10.8 Å². The lowest BCUT2D eigenvalue weighted by Crippen LogP contribution is -2.10. The number of carbonyl (C=O) groups is 1. The summed E-state index contributed by atoms with van der Waals surface area (Å²) in [5.41, 5.74) is 1.03. The summed E-state index contributed by atoms with van der Waals surface area (Å²) in [6, 6.07) is 5.12. The van der Waals surface area contributed by atoms with Crippen LogP contribution in [0.2, 0.25) is 0 Å². The Morgan fingerprint density at radius 2 is 2.31 bits per heavy atom. The van der Waals surface area contributed by atoms with Crippen molar-refractivity contribution in [3.8, 4) is 6.07 Å². The van der Waals surface area contributed by atoms with Gasteiger partial charge in [0.05, 0.1) is 17.7 Å². The molecule has 0 heterocycles. The Morgan fingerprint density at radius 1 is 1.62 bits per heavy atom. The highest BCUT2D eigenvalue weighted by atomic mass is 35.5. The number of alkyl halides is 1. The van der Waals surface area contributed by atoms with Crippen LogP contribution in [0, 0.1) is 11.3 Å². The first kappa shape index (κ1) is 12.9. The van der Waals surface area contributed by atoms with Gasteiger partial charge in [-0.1, -0.05) is 0 Å². The van der Waals surface area contributed by atoms with E-state index in [4.69, 9.17) is 21.6 Å². The summed E-state index contributed by atoms with van der Waals surface area (Å²) >= 11 is 9.86. The molecule has 1 aromatic carbocycles. The highest BCUT2D eigenvalue weighted by molar-refractivity contribution is 7.80. The van der Waals surface area contributed by atoms with Crippen molar-refractivity contribution in [3.05, 3.63) is 28.8 Å². The molecule has 0 unspecified atom stereocenters. The second-order valence-corrected chi connectivity index (χ2v) is 3.78. The van der Waals surface area contributed by atoms with E-state index in [1.54, 1.807) is 13.0 Å². The van der Waals surface area contributed by atoms with Gasteiger partial charge in [-0.2, -0.15) is 5.26 Å². The first-order chi connectivity index (χ1) is 7.63. The number of halogens is 1. The number of nitrogens with zero attached hydrogens (tertiary/aromatic N) is 1. The van der Waals surface area contributed by atoms with E-state index in [1.807, 2.05) is 6.07 Å². The van der Waals surface area contributed by atoms with E-state index < -0.39 is 5.97 Å². The molecule has 0 saturated carbocycles. The van der Waals surface area contributed by atoms with Crippen LogP contribution in [0.4, 0.5) is 0 Å². The van der Waals surface area contributed by atoms with Gasteiger partial charge >= 0.3 is 5.97 Å². The number of thiol groups is 1. The number of hydrogen-bond acceptors (Lipinski definition) is 4. The predicted molar refractivity (Wildman–Crippen MR) is 63.9 cm³/mol. The van der Waals surface area contributed by atoms with E-state index >= 15 is 0 Å². The van der Waals surface area contributed by atoms with Crippen LogP contribution in [0.5, 0.6) is 0 Å². The smallest absolute Gasteiger partial charge is 0.339 e. The molecule has 3 nitrogen and oxygen atoms in total. The zero-order valence-corrected chi connectivity index (χ0v) is 10.3. The van der Waals surface area contributed by atoms with Crippen LogP contribution in [0.15, 0.2) is 17.0 Å². The lowest BCUT2D eigenvalue weighted by Gasteiger charge is -2.09. The van der Waals surface area contributed by atoms with Crippen LogP contribution < -0.4 is 0 Å². The molecular weight excluding hydrogens is 246 g/mol. The maximum absolute atomic E-state index is 11.7. The van der Waals surface area contributed by atoms with Gasteiger partial charge in [-0.15, -0.1) is 24.2 Å². The molecule has 0 spiro atoms. The minimum absolute atomic E-state index is 0.136. The molecule has 0 saturated heterocycles. The monoisotopic (exact) mass is 255 g/mol. The van der Waals surface area contributed by atoms with Crippen molar-refractivity contribution in [2.75, 3.05) is 6.61 Å². The lowest BCUT2D eigenvalue weighted by molar-refractivity contribution is 0.0525. The molecule has 0 amide bonds. The van der Waals surface area contributed by atoms with Crippen molar-refractivity contribution < 1.29 is 9.53 Å². The van der Waals surface area contributed by atoms with Crippen LogP contribution in [0.3, 0.4) is 0 Å². The highest BCUT2D eigenvalue weighted by Crippen LogP contribution is 2.22. The number of ether oxygens (including phenoxy) is 1. The molecule has 1 aromatic rings. The van der Waals surface area contributed by atoms with Gasteiger partial charge in [0.2, 0.25) is 0 Å². The van der Waals surface area contributed by atoms with Gasteiger partial charge in [-0.25, -0.2) is 4.79 Å². The van der Waals surface area contributed by atoms with Crippen molar-refractivity contribution in [2.45, 2.75) is 17.7 Å². The molecule has 84 valence electrons. The molecular formula is C11H10ClNO2S. The predicted octanol–water partition coefficient (Wildman–Crippen LogP) is 2.76. The molecule has 0 N–H and O–H groups in total. The van der Waals surface area contributed by atoms with Crippen molar-refractivity contribution in [1.82, 2.24) is 0 Å². The molecule has 0 aliphatic rings. The van der Waals surface area contributed by atoms with Crippen molar-refractivity contribution in [2.24, 2.45) is 0 Å². The van der Waals surface area contributed by atoms with Crippen molar-refractivity contribution >= 4 is 30.2 Å². The van der Waals surface area contributed by atoms with Gasteiger partial charge in [-0.3, -0.25) is 0 Å². The number of carbonyl (C=O) groups excluding carboxylic acids is 1. The largest absolute Gasteiger partial charge is 0.462 e. The van der Waals surface area contributed by atoms with Crippen LogP contribution >= 0.6 is 24.2 Å². The lowest BCUT2D eigenvalue weighted by atomic mass is 10.0. The van der Waals surface area contributed by atoms with Gasteiger partial charge in [0.15, 0.2) is 0 Å². The minimum Gasteiger partial charge on any atom is -0.462 e. The number of rotatable bonds is 3. The fourth-order valence-electron chi connectivity index (χ4n) is 1.32. The molecule has 0 aliphatic heterocycles. The summed E-state index contributed by atoms with van der Waals surface area (Å²) in [7, 11) is 0. The first-order valence-corrected chi connectivity index (χ1v) is 5.61. The third-order valence-corrected chi connectivity index (χ3v) is 2.49. The van der Waals surface area contributed by atoms with Gasteiger partial charge < -0.3 is 4.74 Å². The second-order valence-electron chi connectivity index (χ2n) is 2.99. The first-order valence-electron chi connectivity index (χ1n) is 4.63. The molecule has 0 atom stereocenters. The van der Waals surface area contributed by atoms with Gasteiger partial charge in [0.25, 0.3) is 0 Å². The minimum atomic E-state index is -0.525. The zero-order chi connectivity index (χ0) is 12.1. The Bertz CT molecular complexity index is 454. The summed E-state index contributed by atoms with van der Waals surface area (Å²) < 4.78 is 4.88. The van der Waals surface area contributed by atoms with E-state index in [-0.39, 0.29) is 23.6 Å². The number of hydrogen-bond donors (Lipinski definition) is 1. The molecule has 0 aromatic heterocycles. The quantitative estimate of drug-likeness (QED) is 0.513. The SMILES string of the molecule is CCOC(=O)c1c(C#N)cc(S)cc1CCl. The van der Waals surface area contributed by atoms with E-state index in [0.29, 0.717) is 10.5 Å². The Balaban J connectivity index is 3.34.